The summed E-state index contributed by atoms with van der Waals surface area (Å²) < 4.78 is 3.23. The molecular weight excluding hydrogens is 533 g/mol. The minimum absolute atomic E-state index is 0. The Kier molecular flexibility index (Phi) is 9.07. The second-order valence-electron chi connectivity index (χ2n) is 7.33. The maximum Gasteiger partial charge on any atom is 0.191 e. The number of hydrogen-bond donors (Lipinski definition) is 3. The van der Waals surface area contributed by atoms with Gasteiger partial charge in [-0.05, 0) is 35.6 Å². The first kappa shape index (κ1) is 24.2. The van der Waals surface area contributed by atoms with E-state index in [0.717, 1.165) is 28.9 Å². The van der Waals surface area contributed by atoms with Crippen LogP contribution in [0.1, 0.15) is 29.0 Å². The Bertz CT molecular complexity index is 1110. The van der Waals surface area contributed by atoms with E-state index >= 15 is 0 Å². The lowest BCUT2D eigenvalue weighted by Gasteiger charge is -2.14. The molecule has 0 radical (unpaired) electrons. The van der Waals surface area contributed by atoms with Gasteiger partial charge in [-0.2, -0.15) is 0 Å². The highest BCUT2D eigenvalue weighted by molar-refractivity contribution is 14.0. The van der Waals surface area contributed by atoms with Crippen LogP contribution < -0.4 is 10.6 Å². The van der Waals surface area contributed by atoms with Crippen LogP contribution in [-0.2, 0) is 13.1 Å². The van der Waals surface area contributed by atoms with E-state index in [4.69, 9.17) is 4.99 Å². The summed E-state index contributed by atoms with van der Waals surface area (Å²) in [4.78, 5) is 9.75. The van der Waals surface area contributed by atoms with Crippen LogP contribution in [0.5, 0.6) is 0 Å². The predicted molar refractivity (Wildman–Crippen MR) is 143 cm³/mol. The third-order valence-electron chi connectivity index (χ3n) is 4.92. The number of aliphatic hydroxyl groups is 1. The van der Waals surface area contributed by atoms with Crippen LogP contribution in [0.25, 0.3) is 10.1 Å². The molecular formula is C24H28IN5OS. The highest BCUT2D eigenvalue weighted by Gasteiger charge is 2.12. The monoisotopic (exact) mass is 561 g/mol. The summed E-state index contributed by atoms with van der Waals surface area (Å²) in [5.41, 5.74) is 2.35. The molecule has 1 atom stereocenters. The highest BCUT2D eigenvalue weighted by Crippen LogP contribution is 2.29. The lowest BCUT2D eigenvalue weighted by atomic mass is 10.1. The molecule has 2 heterocycles. The second-order valence-corrected chi connectivity index (χ2v) is 8.45. The molecule has 2 aromatic carbocycles. The van der Waals surface area contributed by atoms with Gasteiger partial charge in [0.05, 0.1) is 12.9 Å². The van der Waals surface area contributed by atoms with Crippen LogP contribution >= 0.6 is 35.3 Å². The van der Waals surface area contributed by atoms with Crippen molar-refractivity contribution >= 4 is 51.4 Å². The molecule has 1 unspecified atom stereocenters. The number of aliphatic hydroxyl groups excluding tert-OH is 1. The van der Waals surface area contributed by atoms with Gasteiger partial charge in [0.15, 0.2) is 5.96 Å². The molecule has 168 valence electrons. The number of fused-ring (bicyclic) bond motifs is 1. The molecule has 0 saturated heterocycles. The van der Waals surface area contributed by atoms with Crippen LogP contribution in [0, 0.1) is 0 Å². The lowest BCUT2D eigenvalue weighted by Crippen LogP contribution is -2.39. The van der Waals surface area contributed by atoms with Gasteiger partial charge in [-0.25, -0.2) is 9.98 Å². The van der Waals surface area contributed by atoms with Crippen LogP contribution in [0.4, 0.5) is 0 Å². The van der Waals surface area contributed by atoms with Crippen LogP contribution in [-0.4, -0.2) is 33.7 Å². The van der Waals surface area contributed by atoms with E-state index < -0.39 is 6.10 Å². The number of thiophene rings is 1. The number of imidazole rings is 1. The number of hydrogen-bond acceptors (Lipinski definition) is 4. The first-order chi connectivity index (χ1) is 15.2. The SMILES string of the molecule is CCNC(=NCc1cccc(Cn2ccnc2)c1)NCC(O)c1cc2ccccc2s1.I. The van der Waals surface area contributed by atoms with Crippen molar-refractivity contribution in [3.63, 3.8) is 0 Å². The smallest absolute Gasteiger partial charge is 0.191 e. The van der Waals surface area contributed by atoms with Gasteiger partial charge in [-0.1, -0.05) is 42.5 Å². The summed E-state index contributed by atoms with van der Waals surface area (Å²) in [5.74, 6) is 0.697. The average Bonchev–Trinajstić information content (AvgIpc) is 3.45. The number of guanidine groups is 1. The van der Waals surface area contributed by atoms with E-state index in [-0.39, 0.29) is 24.0 Å². The number of halogens is 1. The Morgan fingerprint density at radius 2 is 1.97 bits per heavy atom. The molecule has 0 aliphatic carbocycles. The van der Waals surface area contributed by atoms with Crippen molar-refractivity contribution in [2.24, 2.45) is 4.99 Å². The molecule has 2 aromatic heterocycles. The van der Waals surface area contributed by atoms with Crippen LogP contribution in [0.3, 0.4) is 0 Å². The van der Waals surface area contributed by atoms with Crippen molar-refractivity contribution in [3.05, 3.63) is 89.3 Å². The molecule has 0 saturated carbocycles. The Morgan fingerprint density at radius 3 is 2.75 bits per heavy atom. The Morgan fingerprint density at radius 1 is 1.12 bits per heavy atom. The van der Waals surface area contributed by atoms with Gasteiger partial charge < -0.3 is 20.3 Å². The topological polar surface area (TPSA) is 74.5 Å². The normalized spacial score (nSPS) is 12.4. The summed E-state index contributed by atoms with van der Waals surface area (Å²) in [6.45, 7) is 4.54. The second kappa shape index (κ2) is 12.0. The van der Waals surface area contributed by atoms with E-state index in [2.05, 4.69) is 58.1 Å². The molecule has 0 amide bonds. The molecule has 3 N–H and O–H groups in total. The van der Waals surface area contributed by atoms with Gasteiger partial charge in [-0.15, -0.1) is 35.3 Å². The average molecular weight is 561 g/mol. The molecule has 4 rings (SSSR count). The first-order valence-corrected chi connectivity index (χ1v) is 11.2. The Hall–Kier alpha value is -2.43. The largest absolute Gasteiger partial charge is 0.386 e. The maximum absolute atomic E-state index is 10.6. The zero-order valence-corrected chi connectivity index (χ0v) is 21.1. The van der Waals surface area contributed by atoms with Crippen LogP contribution in [0.2, 0.25) is 0 Å². The minimum atomic E-state index is -0.584. The molecule has 0 spiro atoms. The first-order valence-electron chi connectivity index (χ1n) is 10.4. The van der Waals surface area contributed by atoms with Crippen molar-refractivity contribution < 1.29 is 5.11 Å². The van der Waals surface area contributed by atoms with Crippen molar-refractivity contribution in [2.75, 3.05) is 13.1 Å². The summed E-state index contributed by atoms with van der Waals surface area (Å²) in [5, 5.41) is 18.3. The fourth-order valence-corrected chi connectivity index (χ4v) is 4.44. The zero-order valence-electron chi connectivity index (χ0n) is 17.9. The standard InChI is InChI=1S/C24H27N5OS.HI/c1-2-26-24(28-15-21(30)23-13-20-8-3-4-9-22(20)31-23)27-14-18-6-5-7-19(12-18)16-29-11-10-25-17-29;/h3-13,17,21,30H,2,14-16H2,1H3,(H2,26,27,28);1H. The van der Waals surface area contributed by atoms with Crippen molar-refractivity contribution in [3.8, 4) is 0 Å². The van der Waals surface area contributed by atoms with E-state index in [1.807, 2.05) is 36.1 Å². The molecule has 32 heavy (non-hydrogen) atoms. The highest BCUT2D eigenvalue weighted by atomic mass is 127. The van der Waals surface area contributed by atoms with Gasteiger partial charge in [0.2, 0.25) is 0 Å². The lowest BCUT2D eigenvalue weighted by molar-refractivity contribution is 0.184. The molecule has 6 nitrogen and oxygen atoms in total. The fraction of sp³-hybridized carbons (Fsp3) is 0.250. The molecule has 0 aliphatic rings. The van der Waals surface area contributed by atoms with Gasteiger partial charge in [0.1, 0.15) is 6.10 Å². The fourth-order valence-electron chi connectivity index (χ4n) is 3.39. The number of aromatic nitrogens is 2. The molecule has 0 fully saturated rings. The zero-order chi connectivity index (χ0) is 21.5. The summed E-state index contributed by atoms with van der Waals surface area (Å²) in [7, 11) is 0. The number of nitrogens with one attached hydrogen (secondary N) is 2. The van der Waals surface area contributed by atoms with E-state index in [1.54, 1.807) is 17.5 Å². The van der Waals surface area contributed by atoms with E-state index in [1.165, 1.54) is 10.3 Å². The van der Waals surface area contributed by atoms with E-state index in [0.29, 0.717) is 19.0 Å². The van der Waals surface area contributed by atoms with Crippen molar-refractivity contribution in [2.45, 2.75) is 26.1 Å². The van der Waals surface area contributed by atoms with Crippen molar-refractivity contribution in [1.29, 1.82) is 0 Å². The molecule has 8 heteroatoms. The predicted octanol–water partition coefficient (Wildman–Crippen LogP) is 4.55. The van der Waals surface area contributed by atoms with Gasteiger partial charge in [-0.3, -0.25) is 0 Å². The summed E-state index contributed by atoms with van der Waals surface area (Å²) in [6, 6.07) is 18.7. The van der Waals surface area contributed by atoms with Gasteiger partial charge in [0, 0.05) is 41.6 Å². The maximum atomic E-state index is 10.6. The number of nitrogens with zero attached hydrogens (tertiary/aromatic N) is 3. The number of benzene rings is 2. The summed E-state index contributed by atoms with van der Waals surface area (Å²) in [6.07, 6.45) is 4.98. The third-order valence-corrected chi connectivity index (χ3v) is 6.13. The molecule has 4 aromatic rings. The Balaban J connectivity index is 0.00000289. The minimum Gasteiger partial charge on any atom is -0.386 e. The molecule has 0 bridgehead atoms. The number of rotatable bonds is 8. The number of aliphatic imine (C=N–C) groups is 1. The summed E-state index contributed by atoms with van der Waals surface area (Å²) >= 11 is 1.63. The quantitative estimate of drug-likeness (QED) is 0.168. The van der Waals surface area contributed by atoms with Crippen LogP contribution in [0.15, 0.2) is 78.3 Å². The Labute approximate surface area is 209 Å². The van der Waals surface area contributed by atoms with Crippen molar-refractivity contribution in [1.82, 2.24) is 20.2 Å². The molecule has 0 aliphatic heterocycles. The van der Waals surface area contributed by atoms with Gasteiger partial charge in [0.25, 0.3) is 0 Å². The third kappa shape index (κ3) is 6.54. The van der Waals surface area contributed by atoms with Gasteiger partial charge >= 0.3 is 0 Å². The van der Waals surface area contributed by atoms with E-state index in [9.17, 15) is 5.11 Å².